The maximum absolute atomic E-state index is 13.0. The zero-order valence-electron chi connectivity index (χ0n) is 16.4. The number of amides is 1. The minimum absolute atomic E-state index is 0.160. The maximum Gasteiger partial charge on any atom is 0.227 e. The monoisotopic (exact) mass is 399 g/mol. The predicted molar refractivity (Wildman–Crippen MR) is 104 cm³/mol. The van der Waals surface area contributed by atoms with Crippen LogP contribution in [0.1, 0.15) is 30.8 Å². The number of halogens is 1. The summed E-state index contributed by atoms with van der Waals surface area (Å²) in [7, 11) is 3.11. The van der Waals surface area contributed by atoms with E-state index in [0.29, 0.717) is 35.2 Å². The number of methoxy groups -OCH3 is 2. The zero-order chi connectivity index (χ0) is 20.8. The molecule has 0 saturated carbocycles. The normalized spacial score (nSPS) is 11.7. The molecule has 29 heavy (non-hydrogen) atoms. The molecule has 3 aromatic rings. The van der Waals surface area contributed by atoms with Crippen LogP contribution >= 0.6 is 0 Å². The van der Waals surface area contributed by atoms with Crippen molar-refractivity contribution in [3.05, 3.63) is 59.7 Å². The molecule has 1 unspecified atom stereocenters. The number of carbonyl (C=O) groups excluding carboxylic acids is 1. The van der Waals surface area contributed by atoms with Crippen molar-refractivity contribution in [2.75, 3.05) is 14.2 Å². The highest BCUT2D eigenvalue weighted by Crippen LogP contribution is 2.31. The average Bonchev–Trinajstić information content (AvgIpc) is 3.21. The smallest absolute Gasteiger partial charge is 0.227 e. The number of benzene rings is 2. The Labute approximate surface area is 167 Å². The van der Waals surface area contributed by atoms with Gasteiger partial charge in [0.2, 0.25) is 17.6 Å². The Morgan fingerprint density at radius 1 is 1.14 bits per heavy atom. The minimum Gasteiger partial charge on any atom is -0.493 e. The quantitative estimate of drug-likeness (QED) is 0.622. The molecule has 0 fully saturated rings. The summed E-state index contributed by atoms with van der Waals surface area (Å²) in [5.41, 5.74) is 1.54. The summed E-state index contributed by atoms with van der Waals surface area (Å²) in [5.74, 6) is 1.46. The number of aromatic nitrogens is 2. The number of carbonyl (C=O) groups is 1. The van der Waals surface area contributed by atoms with Crippen LogP contribution in [0.15, 0.2) is 47.0 Å². The van der Waals surface area contributed by atoms with Crippen LogP contribution in [0.25, 0.3) is 11.4 Å². The molecule has 0 aliphatic carbocycles. The summed E-state index contributed by atoms with van der Waals surface area (Å²) in [5, 5.41) is 6.83. The molecule has 1 amide bonds. The number of rotatable bonds is 8. The van der Waals surface area contributed by atoms with Gasteiger partial charge in [-0.2, -0.15) is 4.98 Å². The van der Waals surface area contributed by atoms with Crippen molar-refractivity contribution in [2.45, 2.75) is 25.8 Å². The van der Waals surface area contributed by atoms with Crippen molar-refractivity contribution in [1.82, 2.24) is 15.5 Å². The van der Waals surface area contributed by atoms with Crippen LogP contribution in [-0.2, 0) is 11.2 Å². The fourth-order valence-electron chi connectivity index (χ4n) is 2.82. The van der Waals surface area contributed by atoms with Gasteiger partial charge in [-0.05, 0) is 42.8 Å². The highest BCUT2D eigenvalue weighted by molar-refractivity contribution is 5.76. The van der Waals surface area contributed by atoms with Crippen molar-refractivity contribution in [1.29, 1.82) is 0 Å². The molecule has 1 atom stereocenters. The molecule has 0 aliphatic rings. The number of ether oxygens (including phenoxy) is 2. The van der Waals surface area contributed by atoms with E-state index in [1.54, 1.807) is 44.6 Å². The lowest BCUT2D eigenvalue weighted by Crippen LogP contribution is -2.26. The Kier molecular flexibility index (Phi) is 6.43. The second-order valence-electron chi connectivity index (χ2n) is 6.42. The topological polar surface area (TPSA) is 86.5 Å². The van der Waals surface area contributed by atoms with Crippen LogP contribution in [0.5, 0.6) is 11.5 Å². The number of aryl methyl sites for hydroxylation is 1. The third kappa shape index (κ3) is 5.10. The summed E-state index contributed by atoms with van der Waals surface area (Å²) in [6.45, 7) is 1.84. The predicted octanol–water partition coefficient (Wildman–Crippen LogP) is 3.70. The zero-order valence-corrected chi connectivity index (χ0v) is 16.4. The second kappa shape index (κ2) is 9.18. The molecular weight excluding hydrogens is 377 g/mol. The van der Waals surface area contributed by atoms with Crippen LogP contribution < -0.4 is 14.8 Å². The largest absolute Gasteiger partial charge is 0.493 e. The van der Waals surface area contributed by atoms with Gasteiger partial charge in [-0.15, -0.1) is 0 Å². The molecular formula is C21H22FN3O4. The van der Waals surface area contributed by atoms with E-state index in [1.165, 1.54) is 12.1 Å². The third-order valence-electron chi connectivity index (χ3n) is 4.42. The summed E-state index contributed by atoms with van der Waals surface area (Å²) >= 11 is 0. The van der Waals surface area contributed by atoms with Gasteiger partial charge in [0.25, 0.3) is 0 Å². The van der Waals surface area contributed by atoms with E-state index in [-0.39, 0.29) is 24.2 Å². The van der Waals surface area contributed by atoms with Crippen molar-refractivity contribution in [2.24, 2.45) is 0 Å². The lowest BCUT2D eigenvalue weighted by Gasteiger charge is -2.13. The van der Waals surface area contributed by atoms with Gasteiger partial charge in [0.15, 0.2) is 11.5 Å². The average molecular weight is 399 g/mol. The van der Waals surface area contributed by atoms with Crippen LogP contribution in [0.2, 0.25) is 0 Å². The van der Waals surface area contributed by atoms with E-state index < -0.39 is 0 Å². The molecule has 7 nitrogen and oxygen atoms in total. The van der Waals surface area contributed by atoms with Gasteiger partial charge in [0, 0.05) is 18.4 Å². The highest BCUT2D eigenvalue weighted by Gasteiger charge is 2.14. The number of nitrogens with one attached hydrogen (secondary N) is 1. The molecule has 1 N–H and O–H groups in total. The van der Waals surface area contributed by atoms with Crippen molar-refractivity contribution in [3.63, 3.8) is 0 Å². The first kappa shape index (κ1) is 20.3. The number of hydrogen-bond acceptors (Lipinski definition) is 6. The van der Waals surface area contributed by atoms with Crippen LogP contribution in [-0.4, -0.2) is 30.3 Å². The second-order valence-corrected chi connectivity index (χ2v) is 6.42. The molecule has 2 aromatic carbocycles. The van der Waals surface area contributed by atoms with Crippen LogP contribution in [0, 0.1) is 5.82 Å². The Balaban J connectivity index is 1.57. The highest BCUT2D eigenvalue weighted by atomic mass is 19.1. The fourth-order valence-corrected chi connectivity index (χ4v) is 2.82. The van der Waals surface area contributed by atoms with E-state index in [2.05, 4.69) is 15.5 Å². The Bertz CT molecular complexity index is 972. The van der Waals surface area contributed by atoms with Gasteiger partial charge in [0.05, 0.1) is 20.3 Å². The van der Waals surface area contributed by atoms with Gasteiger partial charge >= 0.3 is 0 Å². The Hall–Kier alpha value is -3.42. The summed E-state index contributed by atoms with van der Waals surface area (Å²) < 4.78 is 28.7. The first-order chi connectivity index (χ1) is 14.0. The number of nitrogens with zero attached hydrogens (tertiary/aromatic N) is 2. The van der Waals surface area contributed by atoms with Gasteiger partial charge in [0.1, 0.15) is 5.82 Å². The molecule has 0 bridgehead atoms. The number of hydrogen-bond donors (Lipinski definition) is 1. The van der Waals surface area contributed by atoms with Crippen LogP contribution in [0.4, 0.5) is 4.39 Å². The SMILES string of the molecule is COc1ccc(-c2noc(CCC(=O)NC(C)c3ccc(F)cc3)n2)cc1OC. The molecule has 1 aromatic heterocycles. The van der Waals surface area contributed by atoms with E-state index in [1.807, 2.05) is 6.92 Å². The molecule has 0 saturated heterocycles. The first-order valence-electron chi connectivity index (χ1n) is 9.10. The van der Waals surface area contributed by atoms with E-state index in [4.69, 9.17) is 14.0 Å². The lowest BCUT2D eigenvalue weighted by atomic mass is 10.1. The van der Waals surface area contributed by atoms with Gasteiger partial charge in [-0.25, -0.2) is 4.39 Å². The summed E-state index contributed by atoms with van der Waals surface area (Å²) in [6.07, 6.45) is 0.501. The minimum atomic E-state index is -0.311. The third-order valence-corrected chi connectivity index (χ3v) is 4.42. The van der Waals surface area contributed by atoms with Crippen molar-refractivity contribution >= 4 is 5.91 Å². The molecule has 3 rings (SSSR count). The molecule has 0 spiro atoms. The fraction of sp³-hybridized carbons (Fsp3) is 0.286. The first-order valence-corrected chi connectivity index (χ1v) is 9.10. The Morgan fingerprint density at radius 3 is 2.55 bits per heavy atom. The molecule has 1 heterocycles. The van der Waals surface area contributed by atoms with E-state index in [9.17, 15) is 9.18 Å². The van der Waals surface area contributed by atoms with Crippen molar-refractivity contribution in [3.8, 4) is 22.9 Å². The molecule has 0 aliphatic heterocycles. The maximum atomic E-state index is 13.0. The molecule has 0 radical (unpaired) electrons. The standard InChI is InChI=1S/C21H22FN3O4/c1-13(14-4-7-16(22)8-5-14)23-19(26)10-11-20-24-21(25-29-20)15-6-9-17(27-2)18(12-15)28-3/h4-9,12-13H,10-11H2,1-3H3,(H,23,26). The lowest BCUT2D eigenvalue weighted by molar-refractivity contribution is -0.121. The van der Waals surface area contributed by atoms with E-state index in [0.717, 1.165) is 5.56 Å². The van der Waals surface area contributed by atoms with Crippen molar-refractivity contribution < 1.29 is 23.2 Å². The molecule has 8 heteroatoms. The van der Waals surface area contributed by atoms with Gasteiger partial charge < -0.3 is 19.3 Å². The van der Waals surface area contributed by atoms with E-state index >= 15 is 0 Å². The summed E-state index contributed by atoms with van der Waals surface area (Å²) in [4.78, 5) is 16.5. The van der Waals surface area contributed by atoms with Gasteiger partial charge in [-0.3, -0.25) is 4.79 Å². The molecule has 152 valence electrons. The van der Waals surface area contributed by atoms with Gasteiger partial charge in [-0.1, -0.05) is 17.3 Å². The summed E-state index contributed by atoms with van der Waals surface area (Å²) in [6, 6.07) is 11.1. The Morgan fingerprint density at radius 2 is 1.86 bits per heavy atom. The van der Waals surface area contributed by atoms with Crippen LogP contribution in [0.3, 0.4) is 0 Å².